The lowest BCUT2D eigenvalue weighted by Gasteiger charge is -2.17. The molecule has 0 N–H and O–H groups in total. The first-order chi connectivity index (χ1) is 9.03. The van der Waals surface area contributed by atoms with E-state index >= 15 is 0 Å². The van der Waals surface area contributed by atoms with Gasteiger partial charge in [0, 0.05) is 18.6 Å². The van der Waals surface area contributed by atoms with Crippen LogP contribution in [0.15, 0.2) is 36.4 Å². The first-order valence-corrected chi connectivity index (χ1v) is 7.13. The highest BCUT2D eigenvalue weighted by molar-refractivity contribution is 6.01. The Morgan fingerprint density at radius 3 is 2.26 bits per heavy atom. The summed E-state index contributed by atoms with van der Waals surface area (Å²) in [6.07, 6.45) is 0. The first kappa shape index (κ1) is 13.8. The van der Waals surface area contributed by atoms with Gasteiger partial charge in [0.05, 0.1) is 5.41 Å². The van der Waals surface area contributed by atoms with Crippen molar-refractivity contribution in [1.82, 2.24) is 0 Å². The number of nitrogens with zero attached hydrogens (tertiary/aromatic N) is 1. The van der Waals surface area contributed by atoms with Crippen molar-refractivity contribution >= 4 is 22.2 Å². The van der Waals surface area contributed by atoms with E-state index in [-0.39, 0.29) is 5.41 Å². The highest BCUT2D eigenvalue weighted by Crippen LogP contribution is 2.42. The standard InChI is InChI=1S/C16H18N.C2H6/c1-11-16(2,3)15-13-8-6-5-7-12(13)9-10-14(15)17(11)4;1-2/h5-10H,1-4H3;1-2H3/q+1;. The van der Waals surface area contributed by atoms with Crippen LogP contribution in [-0.2, 0) is 5.41 Å². The van der Waals surface area contributed by atoms with Crippen LogP contribution < -0.4 is 0 Å². The van der Waals surface area contributed by atoms with Crippen molar-refractivity contribution in [3.63, 3.8) is 0 Å². The van der Waals surface area contributed by atoms with E-state index in [0.29, 0.717) is 0 Å². The lowest BCUT2D eigenvalue weighted by Crippen LogP contribution is -2.25. The summed E-state index contributed by atoms with van der Waals surface area (Å²) in [6, 6.07) is 13.1. The Hall–Kier alpha value is -1.63. The number of hydrogen-bond acceptors (Lipinski definition) is 0. The molecule has 0 atom stereocenters. The van der Waals surface area contributed by atoms with Crippen LogP contribution in [0.25, 0.3) is 10.8 Å². The summed E-state index contributed by atoms with van der Waals surface area (Å²) in [6.45, 7) is 10.9. The number of rotatable bonds is 0. The zero-order valence-corrected chi connectivity index (χ0v) is 12.9. The van der Waals surface area contributed by atoms with Gasteiger partial charge in [0.25, 0.3) is 0 Å². The molecule has 100 valence electrons. The van der Waals surface area contributed by atoms with Gasteiger partial charge < -0.3 is 0 Å². The zero-order chi connectivity index (χ0) is 14.2. The highest BCUT2D eigenvalue weighted by atomic mass is 15.0. The summed E-state index contributed by atoms with van der Waals surface area (Å²) in [5, 5.41) is 2.72. The molecule has 1 heteroatoms. The number of hydrogen-bond donors (Lipinski definition) is 0. The molecule has 0 spiro atoms. The maximum absolute atomic E-state index is 2.32. The molecule has 3 rings (SSSR count). The molecular weight excluding hydrogens is 230 g/mol. The van der Waals surface area contributed by atoms with E-state index < -0.39 is 0 Å². The van der Waals surface area contributed by atoms with Crippen molar-refractivity contribution in [2.45, 2.75) is 40.0 Å². The summed E-state index contributed by atoms with van der Waals surface area (Å²) < 4.78 is 2.32. The third-order valence-electron chi connectivity index (χ3n) is 4.30. The van der Waals surface area contributed by atoms with Crippen molar-refractivity contribution in [3.05, 3.63) is 42.0 Å². The van der Waals surface area contributed by atoms with Crippen LogP contribution in [0.5, 0.6) is 0 Å². The molecule has 0 amide bonds. The molecule has 0 saturated carbocycles. The van der Waals surface area contributed by atoms with Gasteiger partial charge in [-0.3, -0.25) is 0 Å². The lowest BCUT2D eigenvalue weighted by molar-refractivity contribution is -0.402. The Labute approximate surface area is 116 Å². The molecule has 1 heterocycles. The van der Waals surface area contributed by atoms with Crippen LogP contribution in [0.3, 0.4) is 0 Å². The Kier molecular flexibility index (Phi) is 3.49. The van der Waals surface area contributed by atoms with E-state index in [1.807, 2.05) is 13.8 Å². The number of benzene rings is 2. The molecule has 0 aromatic heterocycles. The topological polar surface area (TPSA) is 3.01 Å². The van der Waals surface area contributed by atoms with Gasteiger partial charge in [0.2, 0.25) is 5.69 Å². The molecule has 1 aliphatic heterocycles. The molecule has 1 nitrogen and oxygen atoms in total. The van der Waals surface area contributed by atoms with Crippen molar-refractivity contribution in [3.8, 4) is 0 Å². The highest BCUT2D eigenvalue weighted by Gasteiger charge is 2.42. The molecule has 2 aromatic carbocycles. The Balaban J connectivity index is 0.000000637. The third kappa shape index (κ3) is 1.88. The fourth-order valence-electron chi connectivity index (χ4n) is 2.98. The molecule has 0 aliphatic carbocycles. The van der Waals surface area contributed by atoms with Crippen LogP contribution in [0.4, 0.5) is 5.69 Å². The molecule has 0 saturated heterocycles. The lowest BCUT2D eigenvalue weighted by atomic mass is 9.80. The smallest absolute Gasteiger partial charge is 0.202 e. The van der Waals surface area contributed by atoms with E-state index in [1.54, 1.807) is 0 Å². The quantitative estimate of drug-likeness (QED) is 0.589. The second-order valence-electron chi connectivity index (χ2n) is 5.45. The van der Waals surface area contributed by atoms with E-state index in [4.69, 9.17) is 0 Å². The van der Waals surface area contributed by atoms with E-state index in [1.165, 1.54) is 27.7 Å². The van der Waals surface area contributed by atoms with E-state index in [9.17, 15) is 0 Å². The van der Waals surface area contributed by atoms with E-state index in [2.05, 4.69) is 68.8 Å². The van der Waals surface area contributed by atoms with Crippen molar-refractivity contribution in [1.29, 1.82) is 0 Å². The Morgan fingerprint density at radius 2 is 1.58 bits per heavy atom. The van der Waals surface area contributed by atoms with Gasteiger partial charge in [0.1, 0.15) is 7.05 Å². The Bertz CT molecular complexity index is 648. The molecule has 0 unspecified atom stereocenters. The second-order valence-corrected chi connectivity index (χ2v) is 5.45. The van der Waals surface area contributed by atoms with Crippen LogP contribution >= 0.6 is 0 Å². The minimum absolute atomic E-state index is 0.130. The van der Waals surface area contributed by atoms with Crippen molar-refractivity contribution in [2.24, 2.45) is 0 Å². The van der Waals surface area contributed by atoms with Crippen molar-refractivity contribution < 1.29 is 4.58 Å². The monoisotopic (exact) mass is 254 g/mol. The van der Waals surface area contributed by atoms with Gasteiger partial charge in [-0.25, -0.2) is 4.58 Å². The molecule has 1 aliphatic rings. The van der Waals surface area contributed by atoms with E-state index in [0.717, 1.165) is 0 Å². The molecule has 0 radical (unpaired) electrons. The summed E-state index contributed by atoms with van der Waals surface area (Å²) in [5.74, 6) is 0. The summed E-state index contributed by atoms with van der Waals surface area (Å²) in [7, 11) is 2.16. The van der Waals surface area contributed by atoms with Gasteiger partial charge in [-0.15, -0.1) is 0 Å². The number of fused-ring (bicyclic) bond motifs is 3. The average Bonchev–Trinajstić information content (AvgIpc) is 2.62. The molecule has 0 bridgehead atoms. The minimum Gasteiger partial charge on any atom is -0.202 e. The van der Waals surface area contributed by atoms with Crippen molar-refractivity contribution in [2.75, 3.05) is 7.05 Å². The normalized spacial score (nSPS) is 16.1. The minimum atomic E-state index is 0.130. The fraction of sp³-hybridized carbons (Fsp3) is 0.389. The molecular formula is C18H24N+. The summed E-state index contributed by atoms with van der Waals surface area (Å²) in [5.41, 5.74) is 4.37. The maximum Gasteiger partial charge on any atom is 0.209 e. The van der Waals surface area contributed by atoms with Crippen LogP contribution in [0, 0.1) is 0 Å². The van der Waals surface area contributed by atoms with Crippen LogP contribution in [-0.4, -0.2) is 17.3 Å². The molecule has 0 fully saturated rings. The third-order valence-corrected chi connectivity index (χ3v) is 4.30. The fourth-order valence-corrected chi connectivity index (χ4v) is 2.98. The maximum atomic E-state index is 2.32. The Morgan fingerprint density at radius 1 is 0.947 bits per heavy atom. The summed E-state index contributed by atoms with van der Waals surface area (Å²) >= 11 is 0. The summed E-state index contributed by atoms with van der Waals surface area (Å²) in [4.78, 5) is 0. The molecule has 2 aromatic rings. The van der Waals surface area contributed by atoms with Gasteiger partial charge in [0.15, 0.2) is 5.71 Å². The van der Waals surface area contributed by atoms with Crippen LogP contribution in [0.1, 0.15) is 40.2 Å². The van der Waals surface area contributed by atoms with Crippen LogP contribution in [0.2, 0.25) is 0 Å². The zero-order valence-electron chi connectivity index (χ0n) is 12.9. The average molecular weight is 254 g/mol. The van der Waals surface area contributed by atoms with Gasteiger partial charge in [-0.05, 0) is 30.7 Å². The van der Waals surface area contributed by atoms with Gasteiger partial charge in [-0.1, -0.05) is 38.1 Å². The largest absolute Gasteiger partial charge is 0.209 e. The predicted octanol–water partition coefficient (Wildman–Crippen LogP) is 4.89. The predicted molar refractivity (Wildman–Crippen MR) is 84.8 cm³/mol. The molecule has 19 heavy (non-hydrogen) atoms. The second kappa shape index (κ2) is 4.80. The van der Waals surface area contributed by atoms with Gasteiger partial charge in [-0.2, -0.15) is 0 Å². The SMILES string of the molecule is CC.CC1=[N+](C)c2ccc3ccccc3c2C1(C)C. The first-order valence-electron chi connectivity index (χ1n) is 7.13. The van der Waals surface area contributed by atoms with Gasteiger partial charge >= 0.3 is 0 Å².